The third kappa shape index (κ3) is 3.45. The number of carbonyl (C=O) groups is 1. The number of nitrogens with zero attached hydrogens (tertiary/aromatic N) is 1. The molecule has 0 saturated carbocycles. The summed E-state index contributed by atoms with van der Waals surface area (Å²) in [6, 6.07) is 6.19. The average Bonchev–Trinajstić information content (AvgIpc) is 2.39. The Labute approximate surface area is 119 Å². The van der Waals surface area contributed by atoms with E-state index in [0.717, 1.165) is 31.7 Å². The Hall–Kier alpha value is -1.13. The molecule has 1 saturated heterocycles. The molecule has 1 fully saturated rings. The number of hydrogen-bond acceptors (Lipinski definition) is 2. The minimum absolute atomic E-state index is 0. The van der Waals surface area contributed by atoms with Gasteiger partial charge >= 0.3 is 0 Å². The zero-order chi connectivity index (χ0) is 13.2. The summed E-state index contributed by atoms with van der Waals surface area (Å²) >= 11 is 0. The smallest absolute Gasteiger partial charge is 0.232 e. The van der Waals surface area contributed by atoms with Crippen LogP contribution in [0.3, 0.4) is 0 Å². The van der Waals surface area contributed by atoms with Crippen LogP contribution in [-0.4, -0.2) is 37.0 Å². The summed E-state index contributed by atoms with van der Waals surface area (Å²) in [7, 11) is 0. The van der Waals surface area contributed by atoms with Crippen LogP contribution in [0.5, 0.6) is 0 Å². The first-order valence-corrected chi connectivity index (χ1v) is 6.28. The topological polar surface area (TPSA) is 32.3 Å². The Balaban J connectivity index is 0.00000180. The van der Waals surface area contributed by atoms with Gasteiger partial charge in [-0.1, -0.05) is 12.1 Å². The van der Waals surface area contributed by atoms with E-state index in [1.807, 2.05) is 18.7 Å². The van der Waals surface area contributed by atoms with Crippen LogP contribution in [0.1, 0.15) is 19.4 Å². The largest absolute Gasteiger partial charge is 0.339 e. The Morgan fingerprint density at radius 2 is 1.74 bits per heavy atom. The number of benzene rings is 1. The van der Waals surface area contributed by atoms with Gasteiger partial charge in [0.1, 0.15) is 5.82 Å². The molecule has 1 heterocycles. The predicted molar refractivity (Wildman–Crippen MR) is 76.1 cm³/mol. The standard InChI is InChI=1S/C14H19FN2O.ClH/c1-14(2,11-3-5-12(15)6-4-11)13(18)17-9-7-16-8-10-17;/h3-6,16H,7-10H2,1-2H3;1H. The molecular formula is C14H20ClFN2O. The van der Waals surface area contributed by atoms with Gasteiger partial charge in [0.05, 0.1) is 5.41 Å². The number of piperazine rings is 1. The average molecular weight is 287 g/mol. The highest BCUT2D eigenvalue weighted by atomic mass is 35.5. The number of halogens is 2. The van der Waals surface area contributed by atoms with Crippen LogP contribution in [0.25, 0.3) is 0 Å². The highest BCUT2D eigenvalue weighted by Gasteiger charge is 2.34. The van der Waals surface area contributed by atoms with E-state index in [-0.39, 0.29) is 24.1 Å². The van der Waals surface area contributed by atoms with Gasteiger partial charge in [0, 0.05) is 26.2 Å². The molecule has 3 nitrogen and oxygen atoms in total. The molecule has 106 valence electrons. The van der Waals surface area contributed by atoms with Crippen molar-refractivity contribution in [2.75, 3.05) is 26.2 Å². The SMILES string of the molecule is CC(C)(C(=O)N1CCNCC1)c1ccc(F)cc1.Cl. The third-order valence-corrected chi connectivity index (χ3v) is 3.50. The molecule has 19 heavy (non-hydrogen) atoms. The second-order valence-corrected chi connectivity index (χ2v) is 5.17. The Morgan fingerprint density at radius 1 is 1.21 bits per heavy atom. The summed E-state index contributed by atoms with van der Waals surface area (Å²) in [6.45, 7) is 6.94. The van der Waals surface area contributed by atoms with E-state index in [1.54, 1.807) is 12.1 Å². The van der Waals surface area contributed by atoms with Crippen LogP contribution in [0.15, 0.2) is 24.3 Å². The van der Waals surface area contributed by atoms with Crippen molar-refractivity contribution in [1.82, 2.24) is 10.2 Å². The van der Waals surface area contributed by atoms with Crippen LogP contribution in [0, 0.1) is 5.82 Å². The first-order chi connectivity index (χ1) is 8.51. The summed E-state index contributed by atoms with van der Waals surface area (Å²) in [5, 5.41) is 3.22. The van der Waals surface area contributed by atoms with Gasteiger partial charge in [-0.25, -0.2) is 4.39 Å². The fourth-order valence-electron chi connectivity index (χ4n) is 2.25. The number of carbonyl (C=O) groups excluding carboxylic acids is 1. The summed E-state index contributed by atoms with van der Waals surface area (Å²) in [6.07, 6.45) is 0. The predicted octanol–water partition coefficient (Wildman–Crippen LogP) is 1.96. The molecule has 0 radical (unpaired) electrons. The van der Waals surface area contributed by atoms with Crippen molar-refractivity contribution in [2.24, 2.45) is 0 Å². The molecule has 0 aliphatic carbocycles. The van der Waals surface area contributed by atoms with Crippen LogP contribution >= 0.6 is 12.4 Å². The molecule has 1 N–H and O–H groups in total. The van der Waals surface area contributed by atoms with Gasteiger partial charge in [-0.15, -0.1) is 12.4 Å². The second kappa shape index (κ2) is 6.35. The maximum atomic E-state index is 12.9. The minimum atomic E-state index is -0.606. The van der Waals surface area contributed by atoms with E-state index in [0.29, 0.717) is 0 Å². The number of hydrogen-bond donors (Lipinski definition) is 1. The van der Waals surface area contributed by atoms with Gasteiger partial charge in [-0.05, 0) is 31.5 Å². The number of nitrogens with one attached hydrogen (secondary N) is 1. The van der Waals surface area contributed by atoms with Crippen LogP contribution in [0.4, 0.5) is 4.39 Å². The van der Waals surface area contributed by atoms with Gasteiger partial charge in [0.2, 0.25) is 5.91 Å². The lowest BCUT2D eigenvalue weighted by Gasteiger charge is -2.35. The van der Waals surface area contributed by atoms with Gasteiger partial charge in [0.25, 0.3) is 0 Å². The summed E-state index contributed by atoms with van der Waals surface area (Å²) < 4.78 is 12.9. The first-order valence-electron chi connectivity index (χ1n) is 6.28. The molecule has 1 amide bonds. The van der Waals surface area contributed by atoms with E-state index < -0.39 is 5.41 Å². The fourth-order valence-corrected chi connectivity index (χ4v) is 2.25. The van der Waals surface area contributed by atoms with E-state index in [9.17, 15) is 9.18 Å². The lowest BCUT2D eigenvalue weighted by molar-refractivity contribution is -0.136. The van der Waals surface area contributed by atoms with Gasteiger partial charge < -0.3 is 10.2 Å². The van der Waals surface area contributed by atoms with Crippen LogP contribution in [0.2, 0.25) is 0 Å². The number of rotatable bonds is 2. The Kier molecular flexibility index (Phi) is 5.32. The molecule has 0 bridgehead atoms. The zero-order valence-corrected chi connectivity index (χ0v) is 12.1. The summed E-state index contributed by atoms with van der Waals surface area (Å²) in [5.74, 6) is -0.167. The highest BCUT2D eigenvalue weighted by molar-refractivity contribution is 5.87. The molecule has 0 atom stereocenters. The number of amides is 1. The van der Waals surface area contributed by atoms with Crippen molar-refractivity contribution in [3.63, 3.8) is 0 Å². The van der Waals surface area contributed by atoms with E-state index in [1.165, 1.54) is 12.1 Å². The van der Waals surface area contributed by atoms with Crippen molar-refractivity contribution in [3.05, 3.63) is 35.6 Å². The van der Waals surface area contributed by atoms with Crippen molar-refractivity contribution >= 4 is 18.3 Å². The van der Waals surface area contributed by atoms with Gasteiger partial charge in [-0.3, -0.25) is 4.79 Å². The lowest BCUT2D eigenvalue weighted by Crippen LogP contribution is -2.51. The maximum Gasteiger partial charge on any atom is 0.232 e. The summed E-state index contributed by atoms with van der Waals surface area (Å²) in [5.41, 5.74) is 0.248. The minimum Gasteiger partial charge on any atom is -0.339 e. The normalized spacial score (nSPS) is 15.8. The Morgan fingerprint density at radius 3 is 2.26 bits per heavy atom. The molecule has 0 spiro atoms. The maximum absolute atomic E-state index is 12.9. The lowest BCUT2D eigenvalue weighted by atomic mass is 9.83. The summed E-state index contributed by atoms with van der Waals surface area (Å²) in [4.78, 5) is 14.4. The quantitative estimate of drug-likeness (QED) is 0.901. The fraction of sp³-hybridized carbons (Fsp3) is 0.500. The molecule has 0 unspecified atom stereocenters. The second-order valence-electron chi connectivity index (χ2n) is 5.17. The van der Waals surface area contributed by atoms with E-state index >= 15 is 0 Å². The van der Waals surface area contributed by atoms with E-state index in [2.05, 4.69) is 5.32 Å². The van der Waals surface area contributed by atoms with Gasteiger partial charge in [0.15, 0.2) is 0 Å². The molecule has 2 rings (SSSR count). The van der Waals surface area contributed by atoms with Crippen molar-refractivity contribution in [2.45, 2.75) is 19.3 Å². The van der Waals surface area contributed by atoms with E-state index in [4.69, 9.17) is 0 Å². The molecule has 1 aromatic carbocycles. The van der Waals surface area contributed by atoms with Crippen molar-refractivity contribution in [1.29, 1.82) is 0 Å². The molecular weight excluding hydrogens is 267 g/mol. The third-order valence-electron chi connectivity index (χ3n) is 3.50. The van der Waals surface area contributed by atoms with Gasteiger partial charge in [-0.2, -0.15) is 0 Å². The van der Waals surface area contributed by atoms with Crippen LogP contribution in [-0.2, 0) is 10.2 Å². The first kappa shape index (κ1) is 15.9. The monoisotopic (exact) mass is 286 g/mol. The molecule has 1 aliphatic rings. The molecule has 0 aromatic heterocycles. The van der Waals surface area contributed by atoms with Crippen LogP contribution < -0.4 is 5.32 Å². The zero-order valence-electron chi connectivity index (χ0n) is 11.3. The molecule has 1 aromatic rings. The Bertz CT molecular complexity index is 428. The van der Waals surface area contributed by atoms with Crippen molar-refractivity contribution in [3.8, 4) is 0 Å². The highest BCUT2D eigenvalue weighted by Crippen LogP contribution is 2.26. The molecule has 5 heteroatoms. The van der Waals surface area contributed by atoms with Crippen molar-refractivity contribution < 1.29 is 9.18 Å². The molecule has 1 aliphatic heterocycles.